The van der Waals surface area contributed by atoms with Gasteiger partial charge in [-0.25, -0.2) is 0 Å². The second kappa shape index (κ2) is 5.47. The van der Waals surface area contributed by atoms with E-state index in [1.54, 1.807) is 11.5 Å². The lowest BCUT2D eigenvalue weighted by atomic mass is 10.1. The third-order valence-corrected chi connectivity index (χ3v) is 3.91. The normalized spacial score (nSPS) is 12.9. The number of hydrogen-bond donors (Lipinski definition) is 1. The summed E-state index contributed by atoms with van der Waals surface area (Å²) in [5.41, 5.74) is 6.79. The van der Waals surface area contributed by atoms with Crippen LogP contribution in [0.5, 0.6) is 0 Å². The molecule has 2 N–H and O–H groups in total. The minimum atomic E-state index is 0.510. The molecule has 3 nitrogen and oxygen atoms in total. The number of nitrogens with zero attached hydrogens (tertiary/aromatic N) is 2. The van der Waals surface area contributed by atoms with Crippen LogP contribution in [0, 0.1) is 5.92 Å². The van der Waals surface area contributed by atoms with Crippen molar-refractivity contribution in [3.63, 3.8) is 0 Å². The molecule has 0 aliphatic carbocycles. The fraction of sp³-hybridized carbons (Fsp3) is 0.462. The molecule has 4 heteroatoms. The van der Waals surface area contributed by atoms with Gasteiger partial charge < -0.3 is 10.6 Å². The highest BCUT2D eigenvalue weighted by Gasteiger charge is 2.14. The second-order valence-corrected chi connectivity index (χ2v) is 5.14. The summed E-state index contributed by atoms with van der Waals surface area (Å²) < 4.78 is 4.49. The average Bonchev–Trinajstić information content (AvgIpc) is 2.79. The van der Waals surface area contributed by atoms with E-state index in [4.69, 9.17) is 5.73 Å². The maximum atomic E-state index is 5.70. The van der Waals surface area contributed by atoms with Gasteiger partial charge in [-0.15, -0.1) is 0 Å². The van der Waals surface area contributed by atoms with Gasteiger partial charge >= 0.3 is 0 Å². The van der Waals surface area contributed by atoms with E-state index in [1.807, 2.05) is 6.07 Å². The van der Waals surface area contributed by atoms with Gasteiger partial charge in [0.25, 0.3) is 0 Å². The Morgan fingerprint density at radius 1 is 1.41 bits per heavy atom. The number of fused-ring (bicyclic) bond motifs is 1. The van der Waals surface area contributed by atoms with Gasteiger partial charge in [0.2, 0.25) is 0 Å². The van der Waals surface area contributed by atoms with Gasteiger partial charge in [0.05, 0.1) is 5.52 Å². The summed E-state index contributed by atoms with van der Waals surface area (Å²) in [6.07, 6.45) is 0. The first kappa shape index (κ1) is 12.3. The van der Waals surface area contributed by atoms with Crippen LogP contribution < -0.4 is 10.6 Å². The SMILES string of the molecule is CCN(CC(C)CN)c1snc2ccccc12. The van der Waals surface area contributed by atoms with E-state index in [0.717, 1.165) is 25.2 Å². The Kier molecular flexibility index (Phi) is 3.97. The van der Waals surface area contributed by atoms with Gasteiger partial charge in [-0.1, -0.05) is 19.1 Å². The maximum Gasteiger partial charge on any atom is 0.119 e. The van der Waals surface area contributed by atoms with Crippen LogP contribution in [0.1, 0.15) is 13.8 Å². The van der Waals surface area contributed by atoms with Crippen molar-refractivity contribution in [2.45, 2.75) is 13.8 Å². The van der Waals surface area contributed by atoms with Crippen LogP contribution in [-0.2, 0) is 0 Å². The first-order chi connectivity index (χ1) is 8.26. The van der Waals surface area contributed by atoms with E-state index < -0.39 is 0 Å². The zero-order valence-electron chi connectivity index (χ0n) is 10.4. The minimum Gasteiger partial charge on any atom is -0.362 e. The van der Waals surface area contributed by atoms with Crippen LogP contribution in [0.15, 0.2) is 24.3 Å². The van der Waals surface area contributed by atoms with E-state index in [-0.39, 0.29) is 0 Å². The van der Waals surface area contributed by atoms with Crippen molar-refractivity contribution < 1.29 is 0 Å². The summed E-state index contributed by atoms with van der Waals surface area (Å²) in [4.78, 5) is 2.37. The van der Waals surface area contributed by atoms with Crippen LogP contribution in [0.2, 0.25) is 0 Å². The largest absolute Gasteiger partial charge is 0.362 e. The standard InChI is InChI=1S/C13H19N3S/c1-3-16(9-10(2)8-14)13-11-6-4-5-7-12(11)15-17-13/h4-7,10H,3,8-9,14H2,1-2H3. The zero-order chi connectivity index (χ0) is 12.3. The molecule has 1 atom stereocenters. The highest BCUT2D eigenvalue weighted by molar-refractivity contribution is 7.11. The van der Waals surface area contributed by atoms with Gasteiger partial charge in [-0.2, -0.15) is 4.37 Å². The summed E-state index contributed by atoms with van der Waals surface area (Å²) in [6, 6.07) is 8.31. The molecular formula is C13H19N3S. The topological polar surface area (TPSA) is 42.1 Å². The van der Waals surface area contributed by atoms with Gasteiger partial charge in [-0.3, -0.25) is 0 Å². The van der Waals surface area contributed by atoms with E-state index >= 15 is 0 Å². The fourth-order valence-electron chi connectivity index (χ4n) is 1.91. The highest BCUT2D eigenvalue weighted by atomic mass is 32.1. The molecule has 0 aliphatic heterocycles. The van der Waals surface area contributed by atoms with Crippen molar-refractivity contribution in [3.05, 3.63) is 24.3 Å². The van der Waals surface area contributed by atoms with Gasteiger partial charge in [-0.05, 0) is 43.1 Å². The molecule has 0 spiro atoms. The molecule has 17 heavy (non-hydrogen) atoms. The Labute approximate surface area is 106 Å². The smallest absolute Gasteiger partial charge is 0.119 e. The Bertz CT molecular complexity index is 480. The molecule has 1 heterocycles. The number of rotatable bonds is 5. The maximum absolute atomic E-state index is 5.70. The summed E-state index contributed by atoms with van der Waals surface area (Å²) in [5.74, 6) is 0.510. The highest BCUT2D eigenvalue weighted by Crippen LogP contribution is 2.31. The number of aromatic nitrogens is 1. The molecule has 0 saturated heterocycles. The van der Waals surface area contributed by atoms with Crippen LogP contribution in [-0.4, -0.2) is 24.0 Å². The van der Waals surface area contributed by atoms with E-state index in [1.165, 1.54) is 10.4 Å². The number of hydrogen-bond acceptors (Lipinski definition) is 4. The molecule has 0 fully saturated rings. The van der Waals surface area contributed by atoms with Crippen LogP contribution in [0.25, 0.3) is 10.9 Å². The van der Waals surface area contributed by atoms with Crippen molar-refractivity contribution in [1.29, 1.82) is 0 Å². The van der Waals surface area contributed by atoms with Gasteiger partial charge in [0.1, 0.15) is 5.00 Å². The van der Waals surface area contributed by atoms with Crippen LogP contribution in [0.3, 0.4) is 0 Å². The molecule has 92 valence electrons. The van der Waals surface area contributed by atoms with Crippen LogP contribution in [0.4, 0.5) is 5.00 Å². The Morgan fingerprint density at radius 2 is 2.18 bits per heavy atom. The quantitative estimate of drug-likeness (QED) is 0.886. The minimum absolute atomic E-state index is 0.510. The van der Waals surface area contributed by atoms with Crippen molar-refractivity contribution in [1.82, 2.24) is 4.37 Å². The Morgan fingerprint density at radius 3 is 2.88 bits per heavy atom. The summed E-state index contributed by atoms with van der Waals surface area (Å²) >= 11 is 1.58. The third-order valence-electron chi connectivity index (χ3n) is 2.97. The molecule has 1 unspecified atom stereocenters. The van der Waals surface area contributed by atoms with E-state index in [2.05, 4.69) is 41.3 Å². The third kappa shape index (κ3) is 2.58. The predicted molar refractivity (Wildman–Crippen MR) is 75.7 cm³/mol. The van der Waals surface area contributed by atoms with Crippen LogP contribution >= 0.6 is 11.5 Å². The second-order valence-electron chi connectivity index (χ2n) is 4.38. The molecular weight excluding hydrogens is 230 g/mol. The van der Waals surface area contributed by atoms with Crippen molar-refractivity contribution >= 4 is 27.4 Å². The van der Waals surface area contributed by atoms with Gasteiger partial charge in [0.15, 0.2) is 0 Å². The van der Waals surface area contributed by atoms with Crippen molar-refractivity contribution in [2.24, 2.45) is 11.7 Å². The Balaban J connectivity index is 2.30. The van der Waals surface area contributed by atoms with Crippen molar-refractivity contribution in [3.8, 4) is 0 Å². The number of nitrogens with two attached hydrogens (primary N) is 1. The lowest BCUT2D eigenvalue weighted by Crippen LogP contribution is -2.30. The molecule has 0 amide bonds. The molecule has 2 rings (SSSR count). The summed E-state index contributed by atoms with van der Waals surface area (Å²) in [6.45, 7) is 7.09. The first-order valence-corrected chi connectivity index (χ1v) is 6.83. The van der Waals surface area contributed by atoms with Gasteiger partial charge in [0, 0.05) is 18.5 Å². The lowest BCUT2D eigenvalue weighted by Gasteiger charge is -2.24. The molecule has 2 aromatic rings. The lowest BCUT2D eigenvalue weighted by molar-refractivity contribution is 0.578. The van der Waals surface area contributed by atoms with E-state index in [0.29, 0.717) is 5.92 Å². The van der Waals surface area contributed by atoms with Crippen molar-refractivity contribution in [2.75, 3.05) is 24.5 Å². The molecule has 0 radical (unpaired) electrons. The number of benzene rings is 1. The molecule has 1 aromatic carbocycles. The molecule has 1 aromatic heterocycles. The number of anilines is 1. The Hall–Kier alpha value is -1.13. The summed E-state index contributed by atoms with van der Waals surface area (Å²) in [7, 11) is 0. The molecule has 0 bridgehead atoms. The first-order valence-electron chi connectivity index (χ1n) is 6.05. The average molecular weight is 249 g/mol. The van der Waals surface area contributed by atoms with E-state index in [9.17, 15) is 0 Å². The molecule has 0 aliphatic rings. The predicted octanol–water partition coefficient (Wildman–Crippen LogP) is 2.72. The fourth-order valence-corrected chi connectivity index (χ4v) is 2.84. The zero-order valence-corrected chi connectivity index (χ0v) is 11.2. The monoisotopic (exact) mass is 249 g/mol. The molecule has 0 saturated carbocycles. The summed E-state index contributed by atoms with van der Waals surface area (Å²) in [5, 5.41) is 2.52.